The van der Waals surface area contributed by atoms with Gasteiger partial charge in [-0.05, 0) is 31.4 Å². The first kappa shape index (κ1) is 11.3. The molecule has 0 amide bonds. The molecule has 0 saturated carbocycles. The molecule has 0 aliphatic rings. The molecule has 78 valence electrons. The summed E-state index contributed by atoms with van der Waals surface area (Å²) in [7, 11) is 0. The number of anilines is 1. The number of rotatable bonds is 5. The second-order valence-corrected chi connectivity index (χ2v) is 4.06. The summed E-state index contributed by atoms with van der Waals surface area (Å²) in [5.74, 6) is 0.926. The first-order valence-electron chi connectivity index (χ1n) is 5.03. The zero-order valence-corrected chi connectivity index (χ0v) is 9.51. The van der Waals surface area contributed by atoms with Crippen LogP contribution in [0.1, 0.15) is 25.3 Å². The summed E-state index contributed by atoms with van der Waals surface area (Å²) in [6, 6.07) is 4.04. The Morgan fingerprint density at radius 1 is 1.50 bits per heavy atom. The number of pyridine rings is 1. The summed E-state index contributed by atoms with van der Waals surface area (Å²) in [4.78, 5) is 4.25. The highest BCUT2D eigenvalue weighted by molar-refractivity contribution is 6.20. The molecule has 0 bridgehead atoms. The monoisotopic (exact) mass is 212 g/mol. The number of nitrogens with zero attached hydrogens (tertiary/aromatic N) is 1. The van der Waals surface area contributed by atoms with E-state index in [1.54, 1.807) is 0 Å². The van der Waals surface area contributed by atoms with E-state index in [0.717, 1.165) is 25.2 Å². The minimum absolute atomic E-state index is 0.271. The predicted octanol–water partition coefficient (Wildman–Crippen LogP) is 3.21. The molecule has 0 radical (unpaired) electrons. The summed E-state index contributed by atoms with van der Waals surface area (Å²) >= 11 is 6.00. The van der Waals surface area contributed by atoms with Gasteiger partial charge in [0.1, 0.15) is 5.82 Å². The maximum Gasteiger partial charge on any atom is 0.125 e. The van der Waals surface area contributed by atoms with E-state index < -0.39 is 0 Å². The molecule has 2 nitrogen and oxygen atoms in total. The van der Waals surface area contributed by atoms with Crippen molar-refractivity contribution in [2.24, 2.45) is 0 Å². The SMILES string of the molecule is CCC(Cl)CCNc1ccc(C)cn1. The molecule has 1 N–H and O–H groups in total. The van der Waals surface area contributed by atoms with E-state index in [2.05, 4.69) is 17.2 Å². The lowest BCUT2D eigenvalue weighted by Gasteiger charge is -2.08. The zero-order valence-electron chi connectivity index (χ0n) is 8.76. The van der Waals surface area contributed by atoms with E-state index in [4.69, 9.17) is 11.6 Å². The molecule has 1 atom stereocenters. The number of nitrogens with one attached hydrogen (secondary N) is 1. The Morgan fingerprint density at radius 2 is 2.29 bits per heavy atom. The maximum absolute atomic E-state index is 6.00. The van der Waals surface area contributed by atoms with Crippen LogP contribution in [0.3, 0.4) is 0 Å². The first-order chi connectivity index (χ1) is 6.72. The van der Waals surface area contributed by atoms with Crippen LogP contribution in [-0.2, 0) is 0 Å². The summed E-state index contributed by atoms with van der Waals surface area (Å²) in [5, 5.41) is 3.51. The lowest BCUT2D eigenvalue weighted by Crippen LogP contribution is -2.08. The van der Waals surface area contributed by atoms with Crippen molar-refractivity contribution in [3.05, 3.63) is 23.9 Å². The highest BCUT2D eigenvalue weighted by Gasteiger charge is 2.00. The summed E-state index contributed by atoms with van der Waals surface area (Å²) in [6.07, 6.45) is 3.86. The van der Waals surface area contributed by atoms with Gasteiger partial charge in [0.2, 0.25) is 0 Å². The molecule has 1 aromatic rings. The second kappa shape index (κ2) is 5.86. The fourth-order valence-electron chi connectivity index (χ4n) is 1.13. The molecule has 1 rings (SSSR count). The van der Waals surface area contributed by atoms with E-state index in [-0.39, 0.29) is 5.38 Å². The van der Waals surface area contributed by atoms with Crippen LogP contribution in [-0.4, -0.2) is 16.9 Å². The fraction of sp³-hybridized carbons (Fsp3) is 0.545. The molecule has 1 unspecified atom stereocenters. The molecule has 0 aliphatic heterocycles. The Hall–Kier alpha value is -0.760. The third kappa shape index (κ3) is 3.97. The molecule has 0 aliphatic carbocycles. The van der Waals surface area contributed by atoms with Crippen molar-refractivity contribution in [2.75, 3.05) is 11.9 Å². The quantitative estimate of drug-likeness (QED) is 0.759. The van der Waals surface area contributed by atoms with Crippen molar-refractivity contribution in [3.8, 4) is 0 Å². The summed E-state index contributed by atoms with van der Waals surface area (Å²) in [6.45, 7) is 5.02. The standard InChI is InChI=1S/C11H17ClN2/c1-3-10(12)6-7-13-11-5-4-9(2)8-14-11/h4-5,8,10H,3,6-7H2,1-2H3,(H,13,14). The van der Waals surface area contributed by atoms with Crippen LogP contribution in [0.15, 0.2) is 18.3 Å². The van der Waals surface area contributed by atoms with E-state index in [1.165, 1.54) is 5.56 Å². The second-order valence-electron chi connectivity index (χ2n) is 3.44. The minimum atomic E-state index is 0.271. The maximum atomic E-state index is 6.00. The molecule has 0 spiro atoms. The van der Waals surface area contributed by atoms with Gasteiger partial charge in [-0.1, -0.05) is 13.0 Å². The van der Waals surface area contributed by atoms with Gasteiger partial charge in [0, 0.05) is 18.1 Å². The van der Waals surface area contributed by atoms with E-state index in [0.29, 0.717) is 0 Å². The minimum Gasteiger partial charge on any atom is -0.370 e. The van der Waals surface area contributed by atoms with Crippen molar-refractivity contribution in [1.29, 1.82) is 0 Å². The van der Waals surface area contributed by atoms with Crippen molar-refractivity contribution in [2.45, 2.75) is 32.1 Å². The van der Waals surface area contributed by atoms with Crippen LogP contribution >= 0.6 is 11.6 Å². The van der Waals surface area contributed by atoms with E-state index in [1.807, 2.05) is 25.3 Å². The summed E-state index contributed by atoms with van der Waals surface area (Å²) in [5.41, 5.74) is 1.18. The molecule has 0 saturated heterocycles. The Kier molecular flexibility index (Phi) is 4.74. The molecule has 3 heteroatoms. The Balaban J connectivity index is 2.28. The molecular weight excluding hydrogens is 196 g/mol. The molecule has 0 aromatic carbocycles. The molecule has 14 heavy (non-hydrogen) atoms. The topological polar surface area (TPSA) is 24.9 Å². The third-order valence-corrected chi connectivity index (χ3v) is 2.64. The van der Waals surface area contributed by atoms with Crippen LogP contribution in [0.2, 0.25) is 0 Å². The normalized spacial score (nSPS) is 12.5. The Bertz CT molecular complexity index is 258. The van der Waals surface area contributed by atoms with Crippen LogP contribution in [0, 0.1) is 6.92 Å². The molecule has 0 fully saturated rings. The smallest absolute Gasteiger partial charge is 0.125 e. The molecule has 1 heterocycles. The van der Waals surface area contributed by atoms with Gasteiger partial charge in [0.05, 0.1) is 0 Å². The number of alkyl halides is 1. The van der Waals surface area contributed by atoms with Gasteiger partial charge < -0.3 is 5.32 Å². The van der Waals surface area contributed by atoms with Crippen LogP contribution < -0.4 is 5.32 Å². The fourth-order valence-corrected chi connectivity index (χ4v) is 1.24. The Morgan fingerprint density at radius 3 is 2.86 bits per heavy atom. The lowest BCUT2D eigenvalue weighted by atomic mass is 10.2. The first-order valence-corrected chi connectivity index (χ1v) is 5.46. The zero-order chi connectivity index (χ0) is 10.4. The average molecular weight is 213 g/mol. The van der Waals surface area contributed by atoms with Crippen LogP contribution in [0.5, 0.6) is 0 Å². The highest BCUT2D eigenvalue weighted by Crippen LogP contribution is 2.08. The van der Waals surface area contributed by atoms with Crippen molar-refractivity contribution in [3.63, 3.8) is 0 Å². The lowest BCUT2D eigenvalue weighted by molar-refractivity contribution is 0.752. The predicted molar refractivity (Wildman–Crippen MR) is 62.0 cm³/mol. The van der Waals surface area contributed by atoms with Crippen molar-refractivity contribution < 1.29 is 0 Å². The third-order valence-electron chi connectivity index (χ3n) is 2.12. The molecular formula is C11H17ClN2. The average Bonchev–Trinajstić information content (AvgIpc) is 2.21. The van der Waals surface area contributed by atoms with Crippen molar-refractivity contribution >= 4 is 17.4 Å². The number of hydrogen-bond donors (Lipinski definition) is 1. The van der Waals surface area contributed by atoms with Crippen LogP contribution in [0.25, 0.3) is 0 Å². The number of aryl methyl sites for hydroxylation is 1. The number of aromatic nitrogens is 1. The van der Waals surface area contributed by atoms with Gasteiger partial charge in [-0.2, -0.15) is 0 Å². The van der Waals surface area contributed by atoms with E-state index >= 15 is 0 Å². The van der Waals surface area contributed by atoms with Gasteiger partial charge >= 0.3 is 0 Å². The molecule has 1 aromatic heterocycles. The van der Waals surface area contributed by atoms with Gasteiger partial charge in [0.15, 0.2) is 0 Å². The van der Waals surface area contributed by atoms with E-state index in [9.17, 15) is 0 Å². The number of hydrogen-bond acceptors (Lipinski definition) is 2. The number of halogens is 1. The largest absolute Gasteiger partial charge is 0.370 e. The van der Waals surface area contributed by atoms with Crippen molar-refractivity contribution in [1.82, 2.24) is 4.98 Å². The van der Waals surface area contributed by atoms with Gasteiger partial charge in [-0.25, -0.2) is 4.98 Å². The van der Waals surface area contributed by atoms with Gasteiger partial charge in [-0.15, -0.1) is 11.6 Å². The van der Waals surface area contributed by atoms with Crippen LogP contribution in [0.4, 0.5) is 5.82 Å². The van der Waals surface area contributed by atoms with Gasteiger partial charge in [0.25, 0.3) is 0 Å². The Labute approximate surface area is 90.7 Å². The highest BCUT2D eigenvalue weighted by atomic mass is 35.5. The van der Waals surface area contributed by atoms with Gasteiger partial charge in [-0.3, -0.25) is 0 Å². The summed E-state index contributed by atoms with van der Waals surface area (Å²) < 4.78 is 0.